The fourth-order valence-electron chi connectivity index (χ4n) is 15.2. The minimum absolute atomic E-state index is 0.0563. The zero-order valence-corrected chi connectivity index (χ0v) is 40.2. The largest absolute Gasteiger partial charge is 0.479 e. The van der Waals surface area contributed by atoms with Gasteiger partial charge in [-0.05, 0) is 97.2 Å². The molecule has 0 unspecified atom stereocenters. The molecule has 21 heteroatoms. The summed E-state index contributed by atoms with van der Waals surface area (Å²) < 4.78 is 34.6. The van der Waals surface area contributed by atoms with Crippen molar-refractivity contribution in [1.29, 1.82) is 0 Å². The van der Waals surface area contributed by atoms with Gasteiger partial charge in [-0.25, -0.2) is 4.79 Å². The van der Waals surface area contributed by atoms with E-state index in [4.69, 9.17) is 28.4 Å². The molecule has 21 nitrogen and oxygen atoms in total. The Hall–Kier alpha value is -2.00. The van der Waals surface area contributed by atoms with Crippen LogP contribution in [0.5, 0.6) is 0 Å². The average Bonchev–Trinajstić information content (AvgIpc) is 3.29. The SMILES string of the molecule is CC1(C)CC[C@]2(C(=O)O[C@@H]3O[C@H](CO)[C@@H](O)[C@H](O)[C@H]3O)CC[C@]3(C)C(=CC[C@@H]4[C@@]5(C)C[C@H](O)[C@H](O[C@@H]6O[C@H](C(=O)O)[C@@H](O[C@@H]7O[C@H](CO)[C@H](O)[C@H](O)[C@H]7O)[C@H](O)[C@H]6O)[C@@](C)(CO)[C@@H]5CC[C@]43C)[C@@H]2C1. The van der Waals surface area contributed by atoms with E-state index in [0.717, 1.165) is 12.0 Å². The third kappa shape index (κ3) is 8.25. The van der Waals surface area contributed by atoms with Crippen molar-refractivity contribution in [1.82, 2.24) is 0 Å². The number of aliphatic hydroxyl groups is 12. The lowest BCUT2D eigenvalue weighted by Crippen LogP contribution is -2.70. The molecule has 0 aromatic rings. The van der Waals surface area contributed by atoms with Gasteiger partial charge in [-0.2, -0.15) is 0 Å². The number of ether oxygens (including phenoxy) is 6. The van der Waals surface area contributed by atoms with Gasteiger partial charge < -0.3 is 94.8 Å². The lowest BCUT2D eigenvalue weighted by molar-refractivity contribution is -0.369. The third-order valence-corrected chi connectivity index (χ3v) is 19.4. The van der Waals surface area contributed by atoms with Crippen LogP contribution in [0.4, 0.5) is 0 Å². The van der Waals surface area contributed by atoms with Gasteiger partial charge in [0.1, 0.15) is 67.1 Å². The van der Waals surface area contributed by atoms with Crippen molar-refractivity contribution < 1.29 is 104 Å². The summed E-state index contributed by atoms with van der Waals surface area (Å²) in [6.07, 6.45) is -22.0. The van der Waals surface area contributed by atoms with Crippen LogP contribution in [0.1, 0.15) is 99.3 Å². The highest BCUT2D eigenvalue weighted by Crippen LogP contribution is 2.76. The monoisotopic (exact) mass is 988 g/mol. The predicted octanol–water partition coefficient (Wildman–Crippen LogP) is -1.82. The maximum absolute atomic E-state index is 14.7. The quantitative estimate of drug-likeness (QED) is 0.0651. The van der Waals surface area contributed by atoms with Crippen LogP contribution in [0.25, 0.3) is 0 Å². The molecule has 0 bridgehead atoms. The molecule has 25 atom stereocenters. The minimum Gasteiger partial charge on any atom is -0.479 e. The van der Waals surface area contributed by atoms with Crippen molar-refractivity contribution in [3.05, 3.63) is 11.6 Å². The van der Waals surface area contributed by atoms with Crippen molar-refractivity contribution in [3.8, 4) is 0 Å². The van der Waals surface area contributed by atoms with Crippen LogP contribution >= 0.6 is 0 Å². The number of hydrogen-bond acceptors (Lipinski definition) is 20. The molecule has 8 rings (SSSR count). The van der Waals surface area contributed by atoms with E-state index in [1.165, 1.54) is 0 Å². The Morgan fingerprint density at radius 3 is 1.81 bits per heavy atom. The number of aliphatic carboxylic acids is 1. The molecule has 8 aliphatic rings. The topological polar surface area (TPSA) is 353 Å². The lowest BCUT2D eigenvalue weighted by Gasteiger charge is -2.71. The Balaban J connectivity index is 1.04. The first kappa shape index (κ1) is 53.3. The normalized spacial score (nSPS) is 53.9. The Labute approximate surface area is 400 Å². The number of carboxylic acids is 1. The van der Waals surface area contributed by atoms with E-state index in [-0.39, 0.29) is 29.6 Å². The van der Waals surface area contributed by atoms with Gasteiger partial charge in [0.2, 0.25) is 6.29 Å². The second-order valence-corrected chi connectivity index (χ2v) is 23.5. The standard InChI is InChI=1S/C48H76O21/c1-43(2)11-13-48(42(63)69-40-33(59)30(56)28(54)24(18-50)65-40)14-12-46(5)20(21(48)15-43)7-8-26-44(3)16-22(52)37(45(4,19-51)25(44)9-10-47(26,46)6)68-41-34(60)31(57)35(36(67-41)38(61)62)66-39-32(58)29(55)27(53)23(17-49)64-39/h7,21-37,39-41,49-60H,8-19H2,1-6H3,(H,61,62)/t21-,22-,23+,24+,25+,26+,27-,28+,29-,30-,31+,32+,33+,34+,35-,36-,37-,39-,40-,41-,44-,45-,46+,47+,48-/m0/s1. The van der Waals surface area contributed by atoms with Gasteiger partial charge >= 0.3 is 11.9 Å². The molecule has 394 valence electrons. The molecule has 0 amide bonds. The molecule has 3 heterocycles. The van der Waals surface area contributed by atoms with Crippen LogP contribution in [-0.4, -0.2) is 202 Å². The molecule has 3 aliphatic heterocycles. The van der Waals surface area contributed by atoms with E-state index in [9.17, 15) is 76.0 Å². The van der Waals surface area contributed by atoms with Crippen LogP contribution in [-0.2, 0) is 38.0 Å². The number of carbonyl (C=O) groups is 2. The number of carbonyl (C=O) groups excluding carboxylic acids is 1. The summed E-state index contributed by atoms with van der Waals surface area (Å²) in [6, 6.07) is 0. The fourth-order valence-corrected chi connectivity index (χ4v) is 15.2. The molecule has 7 fully saturated rings. The highest BCUT2D eigenvalue weighted by atomic mass is 16.8. The van der Waals surface area contributed by atoms with Crippen LogP contribution in [0.15, 0.2) is 11.6 Å². The summed E-state index contributed by atoms with van der Waals surface area (Å²) in [5.74, 6) is -2.85. The van der Waals surface area contributed by atoms with E-state index in [2.05, 4.69) is 40.7 Å². The number of hydrogen-bond donors (Lipinski definition) is 13. The zero-order chi connectivity index (χ0) is 50.7. The van der Waals surface area contributed by atoms with Crippen molar-refractivity contribution >= 4 is 11.9 Å². The van der Waals surface area contributed by atoms with Crippen molar-refractivity contribution in [3.63, 3.8) is 0 Å². The molecule has 0 aromatic heterocycles. The molecular formula is C48H76O21. The smallest absolute Gasteiger partial charge is 0.335 e. The Morgan fingerprint density at radius 1 is 0.652 bits per heavy atom. The van der Waals surface area contributed by atoms with Crippen LogP contribution in [0.3, 0.4) is 0 Å². The molecule has 5 aliphatic carbocycles. The zero-order valence-electron chi connectivity index (χ0n) is 40.2. The van der Waals surface area contributed by atoms with E-state index in [1.54, 1.807) is 6.92 Å². The first-order chi connectivity index (χ1) is 32.2. The van der Waals surface area contributed by atoms with Crippen molar-refractivity contribution in [2.45, 2.75) is 204 Å². The summed E-state index contributed by atoms with van der Waals surface area (Å²) in [4.78, 5) is 27.3. The first-order valence-electron chi connectivity index (χ1n) is 24.6. The number of fused-ring (bicyclic) bond motifs is 7. The Bertz CT molecular complexity index is 1930. The van der Waals surface area contributed by atoms with Gasteiger partial charge in [0, 0.05) is 5.41 Å². The first-order valence-corrected chi connectivity index (χ1v) is 24.6. The van der Waals surface area contributed by atoms with Gasteiger partial charge in [-0.3, -0.25) is 4.79 Å². The van der Waals surface area contributed by atoms with E-state index in [0.29, 0.717) is 44.9 Å². The van der Waals surface area contributed by atoms with Gasteiger partial charge in [0.15, 0.2) is 18.7 Å². The third-order valence-electron chi connectivity index (χ3n) is 19.4. The minimum atomic E-state index is -2.07. The predicted molar refractivity (Wildman–Crippen MR) is 234 cm³/mol. The van der Waals surface area contributed by atoms with Gasteiger partial charge in [-0.15, -0.1) is 0 Å². The highest BCUT2D eigenvalue weighted by Gasteiger charge is 2.72. The summed E-state index contributed by atoms with van der Waals surface area (Å²) in [5, 5.41) is 139. The van der Waals surface area contributed by atoms with Crippen LogP contribution in [0, 0.1) is 50.2 Å². The van der Waals surface area contributed by atoms with Gasteiger partial charge in [0.05, 0.1) is 37.4 Å². The molecule has 4 saturated carbocycles. The van der Waals surface area contributed by atoms with Gasteiger partial charge in [0.25, 0.3) is 0 Å². The number of aliphatic hydroxyl groups excluding tert-OH is 12. The second kappa shape index (κ2) is 18.7. The van der Waals surface area contributed by atoms with Crippen molar-refractivity contribution in [2.24, 2.45) is 50.2 Å². The second-order valence-electron chi connectivity index (χ2n) is 23.5. The maximum atomic E-state index is 14.7. The Morgan fingerprint density at radius 2 is 1.22 bits per heavy atom. The summed E-state index contributed by atoms with van der Waals surface area (Å²) in [7, 11) is 0. The number of allylic oxidation sites excluding steroid dienone is 2. The highest BCUT2D eigenvalue weighted by molar-refractivity contribution is 5.79. The molecule has 0 aromatic carbocycles. The molecule has 0 spiro atoms. The van der Waals surface area contributed by atoms with Gasteiger partial charge in [-0.1, -0.05) is 53.2 Å². The van der Waals surface area contributed by atoms with Crippen molar-refractivity contribution in [2.75, 3.05) is 19.8 Å². The fraction of sp³-hybridized carbons (Fsp3) is 0.917. The van der Waals surface area contributed by atoms with E-state index >= 15 is 0 Å². The summed E-state index contributed by atoms with van der Waals surface area (Å²) in [5.41, 5.74) is -2.65. The molecule has 3 saturated heterocycles. The molecular weight excluding hydrogens is 913 g/mol. The number of esters is 1. The number of carboxylic acid groups (broad SMARTS) is 1. The van der Waals surface area contributed by atoms with Crippen LogP contribution in [0.2, 0.25) is 0 Å². The van der Waals surface area contributed by atoms with E-state index in [1.807, 2.05) is 0 Å². The average molecular weight is 989 g/mol. The summed E-state index contributed by atoms with van der Waals surface area (Å²) >= 11 is 0. The maximum Gasteiger partial charge on any atom is 0.335 e. The molecule has 69 heavy (non-hydrogen) atoms. The molecule has 13 N–H and O–H groups in total. The Kier molecular flexibility index (Phi) is 14.5. The summed E-state index contributed by atoms with van der Waals surface area (Å²) in [6.45, 7) is 10.9. The lowest BCUT2D eigenvalue weighted by atomic mass is 9.33. The van der Waals surface area contributed by atoms with E-state index < -0.39 is 163 Å². The van der Waals surface area contributed by atoms with Crippen LogP contribution < -0.4 is 0 Å². The number of rotatable bonds is 10. The molecule has 0 radical (unpaired) electrons.